The molecule has 0 heterocycles. The molecular formula is C16H24N2O12P4. The van der Waals surface area contributed by atoms with Gasteiger partial charge in [0.25, 0.3) is 0 Å². The van der Waals surface area contributed by atoms with Crippen LogP contribution >= 0.6 is 30.4 Å². The second kappa shape index (κ2) is 10.1. The molecule has 0 aliphatic carbocycles. The third kappa shape index (κ3) is 5.37. The number of nitrogens with one attached hydrogen (secondary N) is 2. The van der Waals surface area contributed by atoms with E-state index in [0.717, 1.165) is 24.3 Å². The standard InChI is InChI=1S/C16H24N2O12P4/c19-31(20,21)15(32(22,23)24,13-7-3-1-4-8-13)17-11-12-18-16(33(25,26)27,34(28,29)30)14-9-5-2-6-10-14/h1-10,17-18H,11-12H2,(H2,19,20,21)(H2,22,23,24)(H2,25,26,27)(H2,28,29,30). The van der Waals surface area contributed by atoms with Crippen LogP contribution in [-0.2, 0) is 28.3 Å². The topological polar surface area (TPSA) is 254 Å². The maximum absolute atomic E-state index is 12.3. The van der Waals surface area contributed by atoms with Crippen molar-refractivity contribution < 1.29 is 57.4 Å². The molecule has 0 saturated carbocycles. The Morgan fingerprint density at radius 2 is 0.735 bits per heavy atom. The Bertz CT molecular complexity index is 1030. The van der Waals surface area contributed by atoms with Crippen LogP contribution in [0.2, 0.25) is 0 Å². The van der Waals surface area contributed by atoms with E-state index in [4.69, 9.17) is 0 Å². The summed E-state index contributed by atoms with van der Waals surface area (Å²) in [5, 5.41) is -2.34. The molecule has 0 bridgehead atoms. The van der Waals surface area contributed by atoms with Gasteiger partial charge in [-0.15, -0.1) is 0 Å². The van der Waals surface area contributed by atoms with Gasteiger partial charge in [-0.3, -0.25) is 28.9 Å². The zero-order valence-electron chi connectivity index (χ0n) is 17.2. The fraction of sp³-hybridized carbons (Fsp3) is 0.250. The van der Waals surface area contributed by atoms with Crippen LogP contribution in [0.3, 0.4) is 0 Å². The third-order valence-corrected chi connectivity index (χ3v) is 13.1. The lowest BCUT2D eigenvalue weighted by atomic mass is 10.2. The molecule has 0 aromatic heterocycles. The quantitative estimate of drug-likeness (QED) is 0.133. The van der Waals surface area contributed by atoms with Gasteiger partial charge >= 0.3 is 30.4 Å². The van der Waals surface area contributed by atoms with Crippen molar-refractivity contribution in [2.24, 2.45) is 0 Å². The summed E-state index contributed by atoms with van der Waals surface area (Å²) < 4.78 is 49.2. The Morgan fingerprint density at radius 1 is 0.500 bits per heavy atom. The molecule has 0 radical (unpaired) electrons. The average molecular weight is 560 g/mol. The van der Waals surface area contributed by atoms with Gasteiger partial charge in [0.15, 0.2) is 0 Å². The lowest BCUT2D eigenvalue weighted by molar-refractivity contribution is 0.275. The molecule has 0 unspecified atom stereocenters. The highest BCUT2D eigenvalue weighted by atomic mass is 31.2. The van der Waals surface area contributed by atoms with E-state index in [1.165, 1.54) is 36.4 Å². The van der Waals surface area contributed by atoms with Crippen LogP contribution in [0.5, 0.6) is 0 Å². The predicted octanol–water partition coefficient (Wildman–Crippen LogP) is 0.497. The summed E-state index contributed by atoms with van der Waals surface area (Å²) in [5.74, 6) is 0. The van der Waals surface area contributed by atoms with Gasteiger partial charge in [-0.25, -0.2) is 0 Å². The molecular weight excluding hydrogens is 536 g/mol. The van der Waals surface area contributed by atoms with E-state index < -0.39 is 64.6 Å². The van der Waals surface area contributed by atoms with Gasteiger partial charge in [0.1, 0.15) is 0 Å². The highest BCUT2D eigenvalue weighted by molar-refractivity contribution is 7.72. The second-order valence-electron chi connectivity index (χ2n) is 7.11. The van der Waals surface area contributed by atoms with Crippen LogP contribution in [0.1, 0.15) is 11.1 Å². The second-order valence-corrected chi connectivity index (χ2v) is 14.8. The van der Waals surface area contributed by atoms with Crippen LogP contribution < -0.4 is 10.6 Å². The van der Waals surface area contributed by atoms with Crippen molar-refractivity contribution in [3.63, 3.8) is 0 Å². The molecule has 0 spiro atoms. The Hall–Kier alpha value is -1.04. The fourth-order valence-corrected chi connectivity index (χ4v) is 9.37. The van der Waals surface area contributed by atoms with Gasteiger partial charge in [-0.2, -0.15) is 0 Å². The van der Waals surface area contributed by atoms with Crippen LogP contribution in [0.25, 0.3) is 0 Å². The number of hydrogen-bond donors (Lipinski definition) is 10. The Balaban J connectivity index is 2.49. The zero-order chi connectivity index (χ0) is 26.1. The van der Waals surface area contributed by atoms with Crippen LogP contribution in [0.4, 0.5) is 0 Å². The molecule has 0 saturated heterocycles. The molecule has 190 valence electrons. The van der Waals surface area contributed by atoms with Gasteiger partial charge in [0, 0.05) is 13.1 Å². The molecule has 2 aromatic rings. The van der Waals surface area contributed by atoms with Crippen molar-refractivity contribution >= 4 is 30.4 Å². The molecule has 14 nitrogen and oxygen atoms in total. The van der Waals surface area contributed by atoms with Gasteiger partial charge in [0.2, 0.25) is 10.0 Å². The summed E-state index contributed by atoms with van der Waals surface area (Å²) in [6.45, 7) is -1.58. The van der Waals surface area contributed by atoms with Crippen molar-refractivity contribution in [1.29, 1.82) is 0 Å². The highest BCUT2D eigenvalue weighted by Crippen LogP contribution is 2.74. The summed E-state index contributed by atoms with van der Waals surface area (Å²) in [6, 6.07) is 12.2. The van der Waals surface area contributed by atoms with E-state index in [9.17, 15) is 57.4 Å². The van der Waals surface area contributed by atoms with E-state index in [1.807, 2.05) is 0 Å². The first-order chi connectivity index (χ1) is 15.4. The molecule has 2 rings (SSSR count). The average Bonchev–Trinajstić information content (AvgIpc) is 2.68. The predicted molar refractivity (Wildman–Crippen MR) is 120 cm³/mol. The Kier molecular flexibility index (Phi) is 8.71. The van der Waals surface area contributed by atoms with Crippen LogP contribution in [0, 0.1) is 0 Å². The number of hydrogen-bond acceptors (Lipinski definition) is 6. The minimum absolute atomic E-state index is 0.476. The molecule has 0 atom stereocenters. The zero-order valence-corrected chi connectivity index (χ0v) is 20.8. The SMILES string of the molecule is O=P(O)(O)C(NCCNC(c1ccccc1)(P(=O)(O)O)P(=O)(O)O)(c1ccccc1)P(=O)(O)O. The van der Waals surface area contributed by atoms with Crippen LogP contribution in [0.15, 0.2) is 60.7 Å². The first-order valence-electron chi connectivity index (χ1n) is 9.25. The maximum atomic E-state index is 12.3. The fourth-order valence-electron chi connectivity index (χ4n) is 3.44. The molecule has 2 aromatic carbocycles. The molecule has 18 heteroatoms. The van der Waals surface area contributed by atoms with Gasteiger partial charge < -0.3 is 39.1 Å². The van der Waals surface area contributed by atoms with Gasteiger partial charge in [-0.1, -0.05) is 60.7 Å². The van der Waals surface area contributed by atoms with Gasteiger partial charge in [0.05, 0.1) is 0 Å². The lowest BCUT2D eigenvalue weighted by Gasteiger charge is -2.38. The highest BCUT2D eigenvalue weighted by Gasteiger charge is 2.63. The van der Waals surface area contributed by atoms with E-state index in [1.54, 1.807) is 0 Å². The van der Waals surface area contributed by atoms with E-state index >= 15 is 0 Å². The van der Waals surface area contributed by atoms with E-state index in [2.05, 4.69) is 10.6 Å². The summed E-state index contributed by atoms with van der Waals surface area (Å²) in [7, 11) is -22.7. The monoisotopic (exact) mass is 560 g/mol. The number of benzene rings is 2. The third-order valence-electron chi connectivity index (χ3n) is 4.91. The normalized spacial score (nSPS) is 14.2. The Labute approximate surface area is 193 Å². The molecule has 0 aliphatic heterocycles. The Morgan fingerprint density at radius 3 is 0.941 bits per heavy atom. The molecule has 10 N–H and O–H groups in total. The minimum atomic E-state index is -5.66. The summed E-state index contributed by atoms with van der Waals surface area (Å²) in [5.41, 5.74) is -0.952. The maximum Gasteiger partial charge on any atom is 0.362 e. The van der Waals surface area contributed by atoms with Crippen LogP contribution in [-0.4, -0.2) is 52.2 Å². The molecule has 0 fully saturated rings. The van der Waals surface area contributed by atoms with E-state index in [-0.39, 0.29) is 0 Å². The smallest absolute Gasteiger partial charge is 0.322 e. The summed E-state index contributed by atoms with van der Waals surface area (Å²) in [6.07, 6.45) is 0. The van der Waals surface area contributed by atoms with Crippen molar-refractivity contribution in [2.45, 2.75) is 10.0 Å². The van der Waals surface area contributed by atoms with Crippen molar-refractivity contribution in [3.05, 3.63) is 71.8 Å². The first-order valence-corrected chi connectivity index (χ1v) is 15.7. The largest absolute Gasteiger partial charge is 0.362 e. The van der Waals surface area contributed by atoms with E-state index in [0.29, 0.717) is 0 Å². The van der Waals surface area contributed by atoms with Crippen molar-refractivity contribution in [1.82, 2.24) is 10.6 Å². The summed E-state index contributed by atoms with van der Waals surface area (Å²) in [4.78, 5) is 79.2. The molecule has 0 aliphatic rings. The van der Waals surface area contributed by atoms with Gasteiger partial charge in [-0.05, 0) is 11.1 Å². The van der Waals surface area contributed by atoms with Crippen molar-refractivity contribution in [2.75, 3.05) is 13.1 Å². The minimum Gasteiger partial charge on any atom is -0.322 e. The first kappa shape index (κ1) is 29.2. The lowest BCUT2D eigenvalue weighted by Crippen LogP contribution is -2.48. The number of rotatable bonds is 11. The summed E-state index contributed by atoms with van der Waals surface area (Å²) >= 11 is 0. The molecule has 0 amide bonds. The molecule has 34 heavy (non-hydrogen) atoms. The van der Waals surface area contributed by atoms with Crippen molar-refractivity contribution in [3.8, 4) is 0 Å².